The van der Waals surface area contributed by atoms with Crippen LogP contribution < -0.4 is 0 Å². The number of H-pyrrole nitrogens is 1. The summed E-state index contributed by atoms with van der Waals surface area (Å²) in [6.07, 6.45) is 6.20. The Morgan fingerprint density at radius 3 is 3.13 bits per heavy atom. The number of pyridine rings is 1. The number of ether oxygens (including phenoxy) is 1. The molecule has 3 heterocycles. The van der Waals surface area contributed by atoms with Crippen LogP contribution in [0.3, 0.4) is 0 Å². The number of nitrogens with one attached hydrogen (secondary N) is 1. The maximum absolute atomic E-state index is 12.5. The smallest absolute Gasteiger partial charge is 0.226 e. The van der Waals surface area contributed by atoms with Crippen molar-refractivity contribution < 1.29 is 9.53 Å². The molecule has 0 aromatic carbocycles. The third kappa shape index (κ3) is 3.56. The minimum Gasteiger partial charge on any atom is -0.376 e. The normalized spacial score (nSPS) is 20.6. The Hall–Kier alpha value is -2.28. The van der Waals surface area contributed by atoms with Crippen molar-refractivity contribution in [2.24, 2.45) is 0 Å². The number of aromatic amines is 1. The standard InChI is InChI=1S/C16H21N5O2/c1-11-3-5-17-8-12(11)7-15(22)21(2)9-14-13(4-6-23-14)16-18-10-19-20-16/h3,5,8,10,13-14H,4,6-7,9H2,1-2H3,(H,18,19,20)/t13-,14-/m1/s1. The van der Waals surface area contributed by atoms with Gasteiger partial charge in [-0.05, 0) is 30.5 Å². The Morgan fingerprint density at radius 2 is 2.39 bits per heavy atom. The molecule has 23 heavy (non-hydrogen) atoms. The van der Waals surface area contributed by atoms with Gasteiger partial charge in [-0.15, -0.1) is 0 Å². The van der Waals surface area contributed by atoms with Crippen molar-refractivity contribution >= 4 is 5.91 Å². The van der Waals surface area contributed by atoms with Crippen molar-refractivity contribution in [3.63, 3.8) is 0 Å². The molecule has 2 aromatic rings. The van der Waals surface area contributed by atoms with E-state index in [0.29, 0.717) is 19.6 Å². The van der Waals surface area contributed by atoms with Crippen LogP contribution >= 0.6 is 0 Å². The lowest BCUT2D eigenvalue weighted by atomic mass is 10.00. The average Bonchev–Trinajstić information content (AvgIpc) is 3.20. The van der Waals surface area contributed by atoms with Gasteiger partial charge in [-0.2, -0.15) is 5.10 Å². The zero-order valence-electron chi connectivity index (χ0n) is 13.4. The van der Waals surface area contributed by atoms with E-state index in [2.05, 4.69) is 20.2 Å². The predicted octanol–water partition coefficient (Wildman–Crippen LogP) is 1.08. The third-order valence-electron chi connectivity index (χ3n) is 4.36. The van der Waals surface area contributed by atoms with Gasteiger partial charge in [0.15, 0.2) is 0 Å². The molecule has 7 heteroatoms. The average molecular weight is 315 g/mol. The second kappa shape index (κ2) is 6.87. The second-order valence-corrected chi connectivity index (χ2v) is 5.93. The zero-order chi connectivity index (χ0) is 16.2. The molecule has 1 saturated heterocycles. The van der Waals surface area contributed by atoms with Gasteiger partial charge in [0.1, 0.15) is 12.2 Å². The quantitative estimate of drug-likeness (QED) is 0.892. The SMILES string of the molecule is Cc1ccncc1CC(=O)N(C)C[C@H]1OCC[C@H]1c1ncn[nH]1. The van der Waals surface area contributed by atoms with E-state index in [1.54, 1.807) is 17.3 Å². The Morgan fingerprint density at radius 1 is 1.52 bits per heavy atom. The molecule has 1 aliphatic heterocycles. The molecule has 1 fully saturated rings. The van der Waals surface area contributed by atoms with Crippen LogP contribution in [0.5, 0.6) is 0 Å². The lowest BCUT2D eigenvalue weighted by Gasteiger charge is -2.24. The van der Waals surface area contributed by atoms with Crippen LogP contribution in [0.4, 0.5) is 0 Å². The van der Waals surface area contributed by atoms with Crippen molar-refractivity contribution in [3.05, 3.63) is 41.7 Å². The van der Waals surface area contributed by atoms with Crippen LogP contribution in [-0.4, -0.2) is 57.3 Å². The molecule has 0 aliphatic carbocycles. The molecule has 7 nitrogen and oxygen atoms in total. The molecular formula is C16H21N5O2. The number of aryl methyl sites for hydroxylation is 1. The van der Waals surface area contributed by atoms with E-state index in [-0.39, 0.29) is 17.9 Å². The predicted molar refractivity (Wildman–Crippen MR) is 83.8 cm³/mol. The van der Waals surface area contributed by atoms with Crippen LogP contribution in [-0.2, 0) is 16.0 Å². The molecule has 0 spiro atoms. The van der Waals surface area contributed by atoms with E-state index in [0.717, 1.165) is 23.4 Å². The molecule has 3 rings (SSSR count). The fraction of sp³-hybridized carbons (Fsp3) is 0.500. The van der Waals surface area contributed by atoms with Crippen LogP contribution in [0.15, 0.2) is 24.8 Å². The summed E-state index contributed by atoms with van der Waals surface area (Å²) in [5.74, 6) is 1.05. The van der Waals surface area contributed by atoms with Gasteiger partial charge in [0.25, 0.3) is 0 Å². The van der Waals surface area contributed by atoms with E-state index in [1.165, 1.54) is 6.33 Å². The van der Waals surface area contributed by atoms with Gasteiger partial charge < -0.3 is 9.64 Å². The van der Waals surface area contributed by atoms with Crippen molar-refractivity contribution in [1.82, 2.24) is 25.1 Å². The van der Waals surface area contributed by atoms with Gasteiger partial charge in [0, 0.05) is 38.5 Å². The third-order valence-corrected chi connectivity index (χ3v) is 4.36. The summed E-state index contributed by atoms with van der Waals surface area (Å²) in [5, 5.41) is 6.81. The monoisotopic (exact) mass is 315 g/mol. The van der Waals surface area contributed by atoms with Gasteiger partial charge in [0.2, 0.25) is 5.91 Å². The number of hydrogen-bond acceptors (Lipinski definition) is 5. The molecule has 0 radical (unpaired) electrons. The first-order valence-electron chi connectivity index (χ1n) is 7.75. The van der Waals surface area contributed by atoms with Crippen LogP contribution in [0.2, 0.25) is 0 Å². The topological polar surface area (TPSA) is 84.0 Å². The van der Waals surface area contributed by atoms with E-state index >= 15 is 0 Å². The number of amides is 1. The van der Waals surface area contributed by atoms with Gasteiger partial charge in [-0.25, -0.2) is 4.98 Å². The molecule has 0 bridgehead atoms. The minimum absolute atomic E-state index is 0.0492. The summed E-state index contributed by atoms with van der Waals surface area (Å²) in [6, 6.07) is 1.92. The molecule has 1 aliphatic rings. The molecule has 1 amide bonds. The molecule has 122 valence electrons. The van der Waals surface area contributed by atoms with E-state index in [4.69, 9.17) is 4.74 Å². The summed E-state index contributed by atoms with van der Waals surface area (Å²) >= 11 is 0. The fourth-order valence-electron chi connectivity index (χ4n) is 2.89. The molecule has 0 saturated carbocycles. The van der Waals surface area contributed by atoms with E-state index < -0.39 is 0 Å². The van der Waals surface area contributed by atoms with Gasteiger partial charge >= 0.3 is 0 Å². The number of carbonyl (C=O) groups excluding carboxylic acids is 1. The second-order valence-electron chi connectivity index (χ2n) is 5.93. The number of likely N-dealkylation sites (N-methyl/N-ethyl adjacent to an activating group) is 1. The highest BCUT2D eigenvalue weighted by molar-refractivity contribution is 5.78. The van der Waals surface area contributed by atoms with Crippen molar-refractivity contribution in [3.8, 4) is 0 Å². The highest BCUT2D eigenvalue weighted by Crippen LogP contribution is 2.29. The Kier molecular flexibility index (Phi) is 4.66. The van der Waals surface area contributed by atoms with Gasteiger partial charge in [-0.1, -0.05) is 0 Å². The van der Waals surface area contributed by atoms with Crippen LogP contribution in [0, 0.1) is 6.92 Å². The Balaban J connectivity index is 1.61. The summed E-state index contributed by atoms with van der Waals surface area (Å²) in [5.41, 5.74) is 2.04. The first kappa shape index (κ1) is 15.6. The molecular weight excluding hydrogens is 294 g/mol. The van der Waals surface area contributed by atoms with Crippen LogP contribution in [0.1, 0.15) is 29.3 Å². The highest BCUT2D eigenvalue weighted by Gasteiger charge is 2.33. The number of carbonyl (C=O) groups is 1. The summed E-state index contributed by atoms with van der Waals surface area (Å²) in [4.78, 5) is 22.5. The zero-order valence-corrected chi connectivity index (χ0v) is 13.4. The molecule has 1 N–H and O–H groups in total. The summed E-state index contributed by atoms with van der Waals surface area (Å²) in [7, 11) is 1.81. The van der Waals surface area contributed by atoms with Crippen molar-refractivity contribution in [2.75, 3.05) is 20.2 Å². The Labute approximate surface area is 135 Å². The number of hydrogen-bond donors (Lipinski definition) is 1. The first-order valence-corrected chi connectivity index (χ1v) is 7.75. The molecule has 2 aromatic heterocycles. The molecule has 2 atom stereocenters. The largest absolute Gasteiger partial charge is 0.376 e. The molecule has 0 unspecified atom stereocenters. The number of aromatic nitrogens is 4. The van der Waals surface area contributed by atoms with E-state index in [1.807, 2.05) is 20.0 Å². The number of rotatable bonds is 5. The van der Waals surface area contributed by atoms with Crippen LogP contribution in [0.25, 0.3) is 0 Å². The Bertz CT molecular complexity index is 658. The minimum atomic E-state index is -0.0492. The summed E-state index contributed by atoms with van der Waals surface area (Å²) < 4.78 is 5.79. The van der Waals surface area contributed by atoms with Gasteiger partial charge in [0.05, 0.1) is 12.5 Å². The van der Waals surface area contributed by atoms with E-state index in [9.17, 15) is 4.79 Å². The van der Waals surface area contributed by atoms with Crippen molar-refractivity contribution in [1.29, 1.82) is 0 Å². The first-order chi connectivity index (χ1) is 11.1. The summed E-state index contributed by atoms with van der Waals surface area (Å²) in [6.45, 7) is 3.22. The lowest BCUT2D eigenvalue weighted by Crippen LogP contribution is -2.37. The van der Waals surface area contributed by atoms with Gasteiger partial charge in [-0.3, -0.25) is 14.9 Å². The maximum atomic E-state index is 12.5. The van der Waals surface area contributed by atoms with Crippen molar-refractivity contribution in [2.45, 2.75) is 31.8 Å². The lowest BCUT2D eigenvalue weighted by molar-refractivity contribution is -0.130. The number of nitrogens with zero attached hydrogens (tertiary/aromatic N) is 4. The fourth-order valence-corrected chi connectivity index (χ4v) is 2.89. The highest BCUT2D eigenvalue weighted by atomic mass is 16.5. The maximum Gasteiger partial charge on any atom is 0.226 e.